The number of halogens is 1. The molecule has 0 unspecified atom stereocenters. The largest absolute Gasteiger partial charge is 0.361 e. The van der Waals surface area contributed by atoms with Gasteiger partial charge in [0, 0.05) is 55.0 Å². The number of nitrogens with one attached hydrogen (secondary N) is 6. The van der Waals surface area contributed by atoms with Gasteiger partial charge in [0.1, 0.15) is 18.0 Å². The summed E-state index contributed by atoms with van der Waals surface area (Å²) < 4.78 is 0. The van der Waals surface area contributed by atoms with Gasteiger partial charge in [-0.15, -0.1) is 11.6 Å². The van der Waals surface area contributed by atoms with Crippen LogP contribution in [0.2, 0.25) is 0 Å². The maximum atomic E-state index is 13.7. The number of amides is 5. The number of carbonyl (C=O) groups excluding carboxylic acids is 5. The van der Waals surface area contributed by atoms with E-state index in [-0.39, 0.29) is 50.6 Å². The highest BCUT2D eigenvalue weighted by Gasteiger charge is 2.28. The first-order chi connectivity index (χ1) is 21.3. The highest BCUT2D eigenvalue weighted by atomic mass is 35.5. The van der Waals surface area contributed by atoms with E-state index in [1.165, 1.54) is 0 Å². The summed E-state index contributed by atoms with van der Waals surface area (Å²) in [7, 11) is 0. The molecule has 3 rings (SSSR count). The number of hydrogen-bond acceptors (Lipinski definition) is 5. The molecule has 0 spiro atoms. The van der Waals surface area contributed by atoms with Crippen LogP contribution < -0.4 is 26.6 Å². The Balaban J connectivity index is 1.78. The number of para-hydroxylation sites is 1. The molecule has 0 saturated heterocycles. The Morgan fingerprint density at radius 2 is 1.53 bits per heavy atom. The van der Waals surface area contributed by atoms with Crippen molar-refractivity contribution in [2.75, 3.05) is 12.4 Å². The van der Waals surface area contributed by atoms with Crippen molar-refractivity contribution >= 4 is 52.0 Å². The molecule has 3 aromatic rings. The maximum absolute atomic E-state index is 13.7. The van der Waals surface area contributed by atoms with Crippen molar-refractivity contribution in [2.45, 2.75) is 77.5 Å². The number of aromatic nitrogens is 1. The molecule has 0 fully saturated rings. The fourth-order valence-electron chi connectivity index (χ4n) is 4.67. The second-order valence-corrected chi connectivity index (χ2v) is 12.3. The molecular formula is C33H43ClN6O5. The van der Waals surface area contributed by atoms with E-state index in [1.54, 1.807) is 0 Å². The molecule has 0 saturated carbocycles. The van der Waals surface area contributed by atoms with Crippen molar-refractivity contribution in [2.24, 2.45) is 0 Å². The monoisotopic (exact) mass is 638 g/mol. The smallest absolute Gasteiger partial charge is 0.243 e. The van der Waals surface area contributed by atoms with E-state index in [2.05, 4.69) is 31.6 Å². The summed E-state index contributed by atoms with van der Waals surface area (Å²) >= 11 is 5.49. The average molecular weight is 639 g/mol. The Morgan fingerprint density at radius 1 is 0.822 bits per heavy atom. The minimum absolute atomic E-state index is 0.00167. The first-order valence-corrected chi connectivity index (χ1v) is 15.5. The molecule has 5 amide bonds. The van der Waals surface area contributed by atoms with Crippen LogP contribution in [0.15, 0.2) is 54.7 Å². The summed E-state index contributed by atoms with van der Waals surface area (Å²) in [5.74, 6) is -2.44. The molecule has 0 aliphatic carbocycles. The fraction of sp³-hybridized carbons (Fsp3) is 0.424. The lowest BCUT2D eigenvalue weighted by atomic mass is 10.0. The number of alkyl halides is 1. The van der Waals surface area contributed by atoms with Gasteiger partial charge in [0.2, 0.25) is 29.5 Å². The highest BCUT2D eigenvalue weighted by molar-refractivity contribution is 6.27. The number of aryl methyl sites for hydroxylation is 1. The molecule has 0 radical (unpaired) electrons. The van der Waals surface area contributed by atoms with Crippen LogP contribution in [0.5, 0.6) is 0 Å². The number of benzene rings is 2. The molecule has 0 bridgehead atoms. The minimum atomic E-state index is -1.11. The summed E-state index contributed by atoms with van der Waals surface area (Å²) in [4.78, 5) is 67.2. The zero-order valence-electron chi connectivity index (χ0n) is 26.2. The lowest BCUT2D eigenvalue weighted by Crippen LogP contribution is -2.54. The SMILES string of the molecule is Cc1ccc(CNC(=O)[C@H](Cc2c[nH]c3ccccc23)NC(=O)[C@H](CCC(=O)NC(C)(C)C)NC(=O)CCNC(=O)CCl)cc1. The fourth-order valence-corrected chi connectivity index (χ4v) is 4.77. The summed E-state index contributed by atoms with van der Waals surface area (Å²) in [6, 6.07) is 13.3. The summed E-state index contributed by atoms with van der Waals surface area (Å²) in [5.41, 5.74) is 3.26. The molecule has 45 heavy (non-hydrogen) atoms. The predicted molar refractivity (Wildman–Crippen MR) is 174 cm³/mol. The first kappa shape index (κ1) is 35.1. The van der Waals surface area contributed by atoms with E-state index in [0.717, 1.165) is 27.6 Å². The molecule has 11 nitrogen and oxygen atoms in total. The molecule has 0 aliphatic rings. The van der Waals surface area contributed by atoms with Gasteiger partial charge >= 0.3 is 0 Å². The van der Waals surface area contributed by atoms with Crippen molar-refractivity contribution in [1.29, 1.82) is 0 Å². The lowest BCUT2D eigenvalue weighted by molar-refractivity contribution is -0.133. The van der Waals surface area contributed by atoms with Gasteiger partial charge in [-0.1, -0.05) is 48.0 Å². The van der Waals surface area contributed by atoms with E-state index in [0.29, 0.717) is 0 Å². The zero-order chi connectivity index (χ0) is 33.0. The number of H-pyrrole nitrogens is 1. The van der Waals surface area contributed by atoms with E-state index in [9.17, 15) is 24.0 Å². The van der Waals surface area contributed by atoms with Crippen LogP contribution >= 0.6 is 11.6 Å². The molecule has 2 aromatic carbocycles. The van der Waals surface area contributed by atoms with E-state index >= 15 is 0 Å². The van der Waals surface area contributed by atoms with Gasteiger partial charge in [-0.2, -0.15) is 0 Å². The third-order valence-corrected chi connectivity index (χ3v) is 7.18. The quantitative estimate of drug-likeness (QED) is 0.141. The standard InChI is InChI=1S/C33H43ClN6O5/c1-21-9-11-22(12-10-21)19-37-31(44)27(17-23-20-36-25-8-6-5-7-24(23)25)39-32(45)26(13-14-29(42)40-33(2,3)4)38-28(41)15-16-35-30(43)18-34/h5-12,20,26-27,36H,13-19H2,1-4H3,(H,35,43)(H,37,44)(H,38,41)(H,39,45)(H,40,42)/t26-,27-/m0/s1. The predicted octanol–water partition coefficient (Wildman–Crippen LogP) is 2.74. The van der Waals surface area contributed by atoms with Crippen LogP contribution in [-0.4, -0.2) is 64.6 Å². The van der Waals surface area contributed by atoms with Crippen molar-refractivity contribution in [3.05, 3.63) is 71.4 Å². The van der Waals surface area contributed by atoms with E-state index in [1.807, 2.05) is 82.4 Å². The number of rotatable bonds is 15. The molecule has 2 atom stereocenters. The third-order valence-electron chi connectivity index (χ3n) is 6.94. The minimum Gasteiger partial charge on any atom is -0.361 e. The van der Waals surface area contributed by atoms with Gasteiger partial charge in [0.05, 0.1) is 0 Å². The molecule has 1 aromatic heterocycles. The van der Waals surface area contributed by atoms with Crippen LogP contribution in [0.25, 0.3) is 10.9 Å². The first-order valence-electron chi connectivity index (χ1n) is 15.0. The second-order valence-electron chi connectivity index (χ2n) is 12.0. The Kier molecular flexibility index (Phi) is 13.0. The molecular weight excluding hydrogens is 596 g/mol. The molecule has 0 aliphatic heterocycles. The van der Waals surface area contributed by atoms with Crippen LogP contribution in [0.4, 0.5) is 0 Å². The van der Waals surface area contributed by atoms with Crippen LogP contribution in [-0.2, 0) is 36.9 Å². The van der Waals surface area contributed by atoms with Crippen molar-refractivity contribution in [1.82, 2.24) is 31.6 Å². The Labute approximate surface area is 268 Å². The second kappa shape index (κ2) is 16.6. The van der Waals surface area contributed by atoms with Crippen molar-refractivity contribution < 1.29 is 24.0 Å². The van der Waals surface area contributed by atoms with Gasteiger partial charge < -0.3 is 31.6 Å². The normalized spacial score (nSPS) is 12.6. The molecule has 1 heterocycles. The van der Waals surface area contributed by atoms with Gasteiger partial charge in [0.25, 0.3) is 0 Å². The zero-order valence-corrected chi connectivity index (χ0v) is 27.0. The van der Waals surface area contributed by atoms with Crippen LogP contribution in [0, 0.1) is 6.92 Å². The lowest BCUT2D eigenvalue weighted by Gasteiger charge is -2.24. The number of carbonyl (C=O) groups is 5. The van der Waals surface area contributed by atoms with E-state index < -0.39 is 41.3 Å². The average Bonchev–Trinajstić information content (AvgIpc) is 3.40. The number of hydrogen-bond donors (Lipinski definition) is 6. The van der Waals surface area contributed by atoms with Gasteiger partial charge in [-0.3, -0.25) is 24.0 Å². The Bertz CT molecular complexity index is 1480. The number of fused-ring (bicyclic) bond motifs is 1. The van der Waals surface area contributed by atoms with Crippen LogP contribution in [0.3, 0.4) is 0 Å². The van der Waals surface area contributed by atoms with Gasteiger partial charge in [-0.05, 0) is 51.3 Å². The van der Waals surface area contributed by atoms with Gasteiger partial charge in [-0.25, -0.2) is 0 Å². The molecule has 6 N–H and O–H groups in total. The Hall–Kier alpha value is -4.38. The number of aromatic amines is 1. The van der Waals surface area contributed by atoms with Crippen LogP contribution in [0.1, 0.15) is 56.7 Å². The maximum Gasteiger partial charge on any atom is 0.243 e. The topological polar surface area (TPSA) is 161 Å². The van der Waals surface area contributed by atoms with Crippen molar-refractivity contribution in [3.8, 4) is 0 Å². The third kappa shape index (κ3) is 11.9. The van der Waals surface area contributed by atoms with Gasteiger partial charge in [0.15, 0.2) is 0 Å². The summed E-state index contributed by atoms with van der Waals surface area (Å²) in [6.45, 7) is 7.80. The molecule has 12 heteroatoms. The van der Waals surface area contributed by atoms with Crippen molar-refractivity contribution in [3.63, 3.8) is 0 Å². The highest BCUT2D eigenvalue weighted by Crippen LogP contribution is 2.19. The Morgan fingerprint density at radius 3 is 2.22 bits per heavy atom. The summed E-state index contributed by atoms with van der Waals surface area (Å²) in [5, 5.41) is 14.7. The van der Waals surface area contributed by atoms with E-state index in [4.69, 9.17) is 11.6 Å². The summed E-state index contributed by atoms with van der Waals surface area (Å²) in [6.07, 6.45) is 1.85. The molecule has 242 valence electrons.